The van der Waals surface area contributed by atoms with Gasteiger partial charge in [-0.2, -0.15) is 0 Å². The van der Waals surface area contributed by atoms with Crippen LogP contribution < -0.4 is 0 Å². The lowest BCUT2D eigenvalue weighted by atomic mass is 10.0. The Kier molecular flexibility index (Phi) is 3.60. The topological polar surface area (TPSA) is 12.9 Å². The highest BCUT2D eigenvalue weighted by Crippen LogP contribution is 2.29. The van der Waals surface area contributed by atoms with Crippen molar-refractivity contribution >= 4 is 34.1 Å². The van der Waals surface area contributed by atoms with Crippen molar-refractivity contribution in [1.29, 1.82) is 0 Å². The molecule has 1 aromatic heterocycles. The summed E-state index contributed by atoms with van der Waals surface area (Å²) in [5, 5.41) is 1.86. The number of aryl methyl sites for hydroxylation is 1. The first-order valence-corrected chi connectivity index (χ1v) is 6.60. The fourth-order valence-electron chi connectivity index (χ4n) is 1.90. The van der Waals surface area contributed by atoms with Gasteiger partial charge in [-0.1, -0.05) is 31.5 Å². The van der Waals surface area contributed by atoms with Gasteiger partial charge in [-0.3, -0.25) is 4.98 Å². The molecule has 17 heavy (non-hydrogen) atoms. The third kappa shape index (κ3) is 2.27. The van der Waals surface area contributed by atoms with E-state index < -0.39 is 0 Å². The number of alkyl halides is 1. The first-order chi connectivity index (χ1) is 8.04. The highest BCUT2D eigenvalue weighted by Gasteiger charge is 2.11. The van der Waals surface area contributed by atoms with Crippen LogP contribution in [0.25, 0.3) is 10.9 Å². The minimum Gasteiger partial charge on any atom is -0.252 e. The first-order valence-electron chi connectivity index (χ1n) is 5.69. The van der Waals surface area contributed by atoms with Gasteiger partial charge in [-0.25, -0.2) is 0 Å². The third-order valence-electron chi connectivity index (χ3n) is 3.01. The van der Waals surface area contributed by atoms with Gasteiger partial charge >= 0.3 is 0 Å². The van der Waals surface area contributed by atoms with Crippen molar-refractivity contribution in [3.63, 3.8) is 0 Å². The molecule has 0 aliphatic rings. The number of benzene rings is 1. The molecule has 0 N–H and O–H groups in total. The van der Waals surface area contributed by atoms with E-state index in [0.29, 0.717) is 11.8 Å². The van der Waals surface area contributed by atoms with E-state index in [1.54, 1.807) is 0 Å². The molecule has 3 heteroatoms. The summed E-state index contributed by atoms with van der Waals surface area (Å²) < 4.78 is 0. The Morgan fingerprint density at radius 3 is 2.59 bits per heavy atom. The summed E-state index contributed by atoms with van der Waals surface area (Å²) in [5.74, 6) is 0.888. The maximum absolute atomic E-state index is 6.14. The van der Waals surface area contributed by atoms with Crippen molar-refractivity contribution in [2.24, 2.45) is 0 Å². The number of fused-ring (bicyclic) bond motifs is 1. The van der Waals surface area contributed by atoms with Gasteiger partial charge in [0.1, 0.15) is 0 Å². The van der Waals surface area contributed by atoms with Gasteiger partial charge in [-0.05, 0) is 36.1 Å². The van der Waals surface area contributed by atoms with E-state index in [0.717, 1.165) is 32.7 Å². The molecule has 0 fully saturated rings. The molecule has 90 valence electrons. The van der Waals surface area contributed by atoms with E-state index in [9.17, 15) is 0 Å². The van der Waals surface area contributed by atoms with Gasteiger partial charge in [0, 0.05) is 22.0 Å². The molecule has 0 spiro atoms. The predicted molar refractivity (Wildman–Crippen MR) is 75.1 cm³/mol. The number of hydrogen-bond acceptors (Lipinski definition) is 1. The molecule has 0 unspecified atom stereocenters. The molecule has 0 aliphatic heterocycles. The molecule has 0 atom stereocenters. The standard InChI is InChI=1S/C14H15Cl2N/c1-8(2)13-6-10(7-15)11-4-5-12(16)9(3)14(11)17-13/h4-6,8H,7H2,1-3H3. The zero-order valence-corrected chi connectivity index (χ0v) is 11.7. The lowest BCUT2D eigenvalue weighted by Crippen LogP contribution is -1.98. The van der Waals surface area contributed by atoms with Gasteiger partial charge < -0.3 is 0 Å². The average molecular weight is 268 g/mol. The van der Waals surface area contributed by atoms with Crippen LogP contribution >= 0.6 is 23.2 Å². The van der Waals surface area contributed by atoms with E-state index in [1.807, 2.05) is 19.1 Å². The van der Waals surface area contributed by atoms with E-state index in [2.05, 4.69) is 19.9 Å². The molecule has 0 aliphatic carbocycles. The number of hydrogen-bond donors (Lipinski definition) is 0. The number of aromatic nitrogens is 1. The molecular weight excluding hydrogens is 253 g/mol. The summed E-state index contributed by atoms with van der Waals surface area (Å²) in [7, 11) is 0. The lowest BCUT2D eigenvalue weighted by molar-refractivity contribution is 0.827. The van der Waals surface area contributed by atoms with Crippen LogP contribution in [0.4, 0.5) is 0 Å². The fourth-order valence-corrected chi connectivity index (χ4v) is 2.28. The second-order valence-corrected chi connectivity index (χ2v) is 5.24. The minimum atomic E-state index is 0.389. The maximum atomic E-state index is 6.14. The summed E-state index contributed by atoms with van der Waals surface area (Å²) in [6.07, 6.45) is 0. The third-order valence-corrected chi connectivity index (χ3v) is 3.71. The molecular formula is C14H15Cl2N. The molecule has 2 aromatic rings. The quantitative estimate of drug-likeness (QED) is 0.694. The van der Waals surface area contributed by atoms with Gasteiger partial charge in [0.25, 0.3) is 0 Å². The van der Waals surface area contributed by atoms with E-state index in [-0.39, 0.29) is 0 Å². The van der Waals surface area contributed by atoms with E-state index >= 15 is 0 Å². The number of nitrogens with zero attached hydrogens (tertiary/aromatic N) is 1. The minimum absolute atomic E-state index is 0.389. The normalized spacial score (nSPS) is 11.4. The molecule has 0 amide bonds. The zero-order valence-electron chi connectivity index (χ0n) is 10.2. The Balaban J connectivity index is 2.83. The van der Waals surface area contributed by atoms with Gasteiger partial charge in [0.2, 0.25) is 0 Å². The van der Waals surface area contributed by atoms with Gasteiger partial charge in [-0.15, -0.1) is 11.6 Å². The Labute approximate surface area is 112 Å². The Hall–Kier alpha value is -0.790. The summed E-state index contributed by atoms with van der Waals surface area (Å²) in [5.41, 5.74) is 4.19. The van der Waals surface area contributed by atoms with E-state index in [1.165, 1.54) is 0 Å². The lowest BCUT2D eigenvalue weighted by Gasteiger charge is -2.12. The fraction of sp³-hybridized carbons (Fsp3) is 0.357. The van der Waals surface area contributed by atoms with Crippen LogP contribution in [0, 0.1) is 6.92 Å². The molecule has 0 radical (unpaired) electrons. The van der Waals surface area contributed by atoms with Crippen molar-refractivity contribution < 1.29 is 0 Å². The Morgan fingerprint density at radius 1 is 1.29 bits per heavy atom. The highest BCUT2D eigenvalue weighted by atomic mass is 35.5. The molecule has 1 aromatic carbocycles. The molecule has 0 saturated carbocycles. The molecule has 1 nitrogen and oxygen atoms in total. The number of halogens is 2. The molecule has 1 heterocycles. The van der Waals surface area contributed by atoms with Crippen LogP contribution in [0.15, 0.2) is 18.2 Å². The first kappa shape index (κ1) is 12.7. The predicted octanol–water partition coefficient (Wildman–Crippen LogP) is 5.06. The zero-order chi connectivity index (χ0) is 12.6. The highest BCUT2D eigenvalue weighted by molar-refractivity contribution is 6.32. The average Bonchev–Trinajstić information content (AvgIpc) is 2.32. The van der Waals surface area contributed by atoms with Crippen molar-refractivity contribution in [1.82, 2.24) is 4.98 Å². The number of rotatable bonds is 2. The summed E-state index contributed by atoms with van der Waals surface area (Å²) in [4.78, 5) is 4.70. The van der Waals surface area contributed by atoms with Crippen molar-refractivity contribution in [3.8, 4) is 0 Å². The monoisotopic (exact) mass is 267 g/mol. The van der Waals surface area contributed by atoms with Crippen molar-refractivity contribution in [3.05, 3.63) is 40.0 Å². The van der Waals surface area contributed by atoms with Crippen LogP contribution in [-0.2, 0) is 5.88 Å². The summed E-state index contributed by atoms with van der Waals surface area (Å²) >= 11 is 12.2. The second-order valence-electron chi connectivity index (χ2n) is 4.56. The number of pyridine rings is 1. The van der Waals surface area contributed by atoms with Gasteiger partial charge in [0.15, 0.2) is 0 Å². The summed E-state index contributed by atoms with van der Waals surface area (Å²) in [6, 6.07) is 6.00. The van der Waals surface area contributed by atoms with Crippen LogP contribution in [0.1, 0.15) is 36.6 Å². The SMILES string of the molecule is Cc1c(Cl)ccc2c(CCl)cc(C(C)C)nc12. The molecule has 0 saturated heterocycles. The second kappa shape index (κ2) is 4.83. The molecule has 2 rings (SSSR count). The largest absolute Gasteiger partial charge is 0.252 e. The summed E-state index contributed by atoms with van der Waals surface area (Å²) in [6.45, 7) is 6.26. The van der Waals surface area contributed by atoms with Gasteiger partial charge in [0.05, 0.1) is 5.52 Å². The van der Waals surface area contributed by atoms with E-state index in [4.69, 9.17) is 28.2 Å². The Morgan fingerprint density at radius 2 is 2.00 bits per heavy atom. The molecule has 0 bridgehead atoms. The van der Waals surface area contributed by atoms with Crippen molar-refractivity contribution in [2.45, 2.75) is 32.6 Å². The van der Waals surface area contributed by atoms with Crippen LogP contribution in [-0.4, -0.2) is 4.98 Å². The van der Waals surface area contributed by atoms with Crippen LogP contribution in [0.5, 0.6) is 0 Å². The van der Waals surface area contributed by atoms with Crippen LogP contribution in [0.3, 0.4) is 0 Å². The smallest absolute Gasteiger partial charge is 0.0752 e. The Bertz CT molecular complexity index is 562. The van der Waals surface area contributed by atoms with Crippen molar-refractivity contribution in [2.75, 3.05) is 0 Å². The maximum Gasteiger partial charge on any atom is 0.0752 e. The van der Waals surface area contributed by atoms with Crippen LogP contribution in [0.2, 0.25) is 5.02 Å².